The first-order valence-corrected chi connectivity index (χ1v) is 12.3. The molecule has 1 saturated heterocycles. The van der Waals surface area contributed by atoms with Gasteiger partial charge in [0.05, 0.1) is 25.3 Å². The Morgan fingerprint density at radius 2 is 1.97 bits per heavy atom. The first kappa shape index (κ1) is 23.8. The van der Waals surface area contributed by atoms with Crippen LogP contribution in [0.15, 0.2) is 36.5 Å². The Labute approximate surface area is 196 Å². The number of morpholine rings is 1. The average Bonchev–Trinajstić information content (AvgIpc) is 2.84. The molecule has 4 rings (SSSR count). The van der Waals surface area contributed by atoms with Crippen molar-refractivity contribution in [3.8, 4) is 11.1 Å². The van der Waals surface area contributed by atoms with Crippen LogP contribution in [0.4, 0.5) is 4.39 Å². The number of pyridine rings is 1. The molecule has 1 aliphatic heterocycles. The summed E-state index contributed by atoms with van der Waals surface area (Å²) in [5.74, 6) is 0.430. The molecule has 1 amide bonds. The van der Waals surface area contributed by atoms with E-state index in [1.807, 2.05) is 36.2 Å². The van der Waals surface area contributed by atoms with E-state index in [4.69, 9.17) is 4.74 Å². The molecule has 0 bridgehead atoms. The standard InChI is InChI=1S/C27H36FN3O2/c1-20(22-8-4-3-5-9-22)30(2)27(32)16-21-7-6-10-23(15-21)25-18-29-24(17-26(25)28)19-31-11-13-33-14-12-31/h6-7,10,15,17-18,20,22H,3-5,8-9,11-14,16,19H2,1-2H3/t20-/m0/s1. The Morgan fingerprint density at radius 3 is 2.70 bits per heavy atom. The lowest BCUT2D eigenvalue weighted by Crippen LogP contribution is -2.41. The van der Waals surface area contributed by atoms with Crippen LogP contribution in [0.3, 0.4) is 0 Å². The van der Waals surface area contributed by atoms with Crippen LogP contribution in [0.2, 0.25) is 0 Å². The Morgan fingerprint density at radius 1 is 1.21 bits per heavy atom. The van der Waals surface area contributed by atoms with Crippen LogP contribution in [0, 0.1) is 11.7 Å². The highest BCUT2D eigenvalue weighted by atomic mass is 19.1. The molecule has 0 spiro atoms. The Balaban J connectivity index is 1.41. The predicted molar refractivity (Wildman–Crippen MR) is 128 cm³/mol. The van der Waals surface area contributed by atoms with Crippen molar-refractivity contribution < 1.29 is 13.9 Å². The summed E-state index contributed by atoms with van der Waals surface area (Å²) >= 11 is 0. The van der Waals surface area contributed by atoms with Gasteiger partial charge in [0.2, 0.25) is 5.91 Å². The summed E-state index contributed by atoms with van der Waals surface area (Å²) in [6, 6.07) is 9.41. The lowest BCUT2D eigenvalue weighted by atomic mass is 9.84. The van der Waals surface area contributed by atoms with Crippen LogP contribution in [0.5, 0.6) is 0 Å². The van der Waals surface area contributed by atoms with E-state index < -0.39 is 0 Å². The van der Waals surface area contributed by atoms with Crippen LogP contribution < -0.4 is 0 Å². The van der Waals surface area contributed by atoms with Crippen LogP contribution in [0.25, 0.3) is 11.1 Å². The van der Waals surface area contributed by atoms with Crippen molar-refractivity contribution in [3.05, 3.63) is 53.6 Å². The first-order valence-electron chi connectivity index (χ1n) is 12.3. The topological polar surface area (TPSA) is 45.7 Å². The quantitative estimate of drug-likeness (QED) is 0.610. The fourth-order valence-corrected chi connectivity index (χ4v) is 5.07. The maximum absolute atomic E-state index is 15.0. The van der Waals surface area contributed by atoms with Gasteiger partial charge in [-0.25, -0.2) is 4.39 Å². The van der Waals surface area contributed by atoms with E-state index >= 15 is 0 Å². The molecular formula is C27H36FN3O2. The molecule has 0 radical (unpaired) electrons. The average molecular weight is 454 g/mol. The summed E-state index contributed by atoms with van der Waals surface area (Å²) in [6.07, 6.45) is 8.21. The van der Waals surface area contributed by atoms with E-state index in [9.17, 15) is 9.18 Å². The summed E-state index contributed by atoms with van der Waals surface area (Å²) < 4.78 is 20.3. The van der Waals surface area contributed by atoms with Gasteiger partial charge in [0.1, 0.15) is 5.82 Å². The minimum atomic E-state index is -0.278. The number of aromatic nitrogens is 1. The second kappa shape index (κ2) is 11.2. The molecule has 2 fully saturated rings. The smallest absolute Gasteiger partial charge is 0.226 e. The number of hydrogen-bond donors (Lipinski definition) is 0. The molecule has 1 saturated carbocycles. The molecule has 1 aliphatic carbocycles. The van der Waals surface area contributed by atoms with Gasteiger partial charge >= 0.3 is 0 Å². The Kier molecular flexibility index (Phi) is 8.10. The van der Waals surface area contributed by atoms with Crippen molar-refractivity contribution in [2.45, 2.75) is 58.0 Å². The minimum Gasteiger partial charge on any atom is -0.379 e. The number of ether oxygens (including phenoxy) is 1. The van der Waals surface area contributed by atoms with Crippen molar-refractivity contribution in [1.82, 2.24) is 14.8 Å². The number of carbonyl (C=O) groups is 1. The van der Waals surface area contributed by atoms with E-state index in [1.165, 1.54) is 38.2 Å². The number of benzene rings is 1. The van der Waals surface area contributed by atoms with E-state index in [1.54, 1.807) is 6.20 Å². The van der Waals surface area contributed by atoms with Gasteiger partial charge in [-0.3, -0.25) is 14.7 Å². The summed E-state index contributed by atoms with van der Waals surface area (Å²) in [7, 11) is 1.92. The van der Waals surface area contributed by atoms with Gasteiger partial charge in [0.25, 0.3) is 0 Å². The van der Waals surface area contributed by atoms with Gasteiger partial charge in [0.15, 0.2) is 0 Å². The largest absolute Gasteiger partial charge is 0.379 e. The fraction of sp³-hybridized carbons (Fsp3) is 0.556. The third kappa shape index (κ3) is 6.18. The summed E-state index contributed by atoms with van der Waals surface area (Å²) in [6.45, 7) is 5.90. The monoisotopic (exact) mass is 453 g/mol. The zero-order valence-corrected chi connectivity index (χ0v) is 19.9. The number of nitrogens with zero attached hydrogens (tertiary/aromatic N) is 3. The third-order valence-corrected chi connectivity index (χ3v) is 7.33. The SMILES string of the molecule is C[C@@H](C1CCCCC1)N(C)C(=O)Cc1cccc(-c2cnc(CN3CCOCC3)cc2F)c1. The number of likely N-dealkylation sites (N-methyl/N-ethyl adjacent to an activating group) is 1. The molecule has 33 heavy (non-hydrogen) atoms. The van der Waals surface area contributed by atoms with Crippen molar-refractivity contribution in [3.63, 3.8) is 0 Å². The van der Waals surface area contributed by atoms with E-state index in [2.05, 4.69) is 16.8 Å². The highest BCUT2D eigenvalue weighted by Crippen LogP contribution is 2.29. The van der Waals surface area contributed by atoms with Gasteiger partial charge in [0, 0.05) is 44.5 Å². The molecule has 0 unspecified atom stereocenters. The van der Waals surface area contributed by atoms with E-state index in [-0.39, 0.29) is 17.8 Å². The summed E-state index contributed by atoms with van der Waals surface area (Å²) in [5, 5.41) is 0. The van der Waals surface area contributed by atoms with Crippen molar-refractivity contribution in [2.24, 2.45) is 5.92 Å². The van der Waals surface area contributed by atoms with Gasteiger partial charge < -0.3 is 9.64 Å². The first-order chi connectivity index (χ1) is 16.0. The molecule has 2 heterocycles. The van der Waals surface area contributed by atoms with Crippen LogP contribution in [-0.2, 0) is 22.5 Å². The van der Waals surface area contributed by atoms with Crippen LogP contribution in [-0.4, -0.2) is 60.1 Å². The molecule has 2 aromatic rings. The van der Waals surface area contributed by atoms with Gasteiger partial charge in [-0.1, -0.05) is 43.5 Å². The second-order valence-corrected chi connectivity index (χ2v) is 9.56. The number of rotatable bonds is 7. The Bertz CT molecular complexity index is 939. The van der Waals surface area contributed by atoms with Gasteiger partial charge in [-0.15, -0.1) is 0 Å². The lowest BCUT2D eigenvalue weighted by Gasteiger charge is -2.34. The molecular weight excluding hydrogens is 417 g/mol. The van der Waals surface area contributed by atoms with E-state index in [0.29, 0.717) is 37.7 Å². The van der Waals surface area contributed by atoms with Crippen molar-refractivity contribution in [1.29, 1.82) is 0 Å². The molecule has 1 atom stereocenters. The third-order valence-electron chi connectivity index (χ3n) is 7.33. The highest BCUT2D eigenvalue weighted by molar-refractivity contribution is 5.79. The van der Waals surface area contributed by atoms with Crippen LogP contribution in [0.1, 0.15) is 50.3 Å². The molecule has 1 aromatic carbocycles. The zero-order chi connectivity index (χ0) is 23.2. The maximum atomic E-state index is 15.0. The van der Waals surface area contributed by atoms with Crippen molar-refractivity contribution in [2.75, 3.05) is 33.4 Å². The number of hydrogen-bond acceptors (Lipinski definition) is 4. The second-order valence-electron chi connectivity index (χ2n) is 9.56. The molecule has 6 heteroatoms. The zero-order valence-electron chi connectivity index (χ0n) is 19.9. The van der Waals surface area contributed by atoms with E-state index in [0.717, 1.165) is 29.9 Å². The predicted octanol–water partition coefficient (Wildman–Crippen LogP) is 4.69. The fourth-order valence-electron chi connectivity index (χ4n) is 5.07. The summed E-state index contributed by atoms with van der Waals surface area (Å²) in [5.41, 5.74) is 2.85. The van der Waals surface area contributed by atoms with Crippen LogP contribution >= 0.6 is 0 Å². The highest BCUT2D eigenvalue weighted by Gasteiger charge is 2.26. The molecule has 2 aliphatic rings. The molecule has 5 nitrogen and oxygen atoms in total. The van der Waals surface area contributed by atoms with Gasteiger partial charge in [-0.05, 0) is 42.9 Å². The number of carbonyl (C=O) groups excluding carboxylic acids is 1. The molecule has 1 aromatic heterocycles. The normalized spacial score (nSPS) is 18.8. The summed E-state index contributed by atoms with van der Waals surface area (Å²) in [4.78, 5) is 21.6. The minimum absolute atomic E-state index is 0.115. The molecule has 178 valence electrons. The molecule has 0 N–H and O–H groups in total. The lowest BCUT2D eigenvalue weighted by molar-refractivity contribution is -0.132. The number of amides is 1. The van der Waals surface area contributed by atoms with Gasteiger partial charge in [-0.2, -0.15) is 0 Å². The maximum Gasteiger partial charge on any atom is 0.226 e. The number of halogens is 1. The Hall–Kier alpha value is -2.31. The van der Waals surface area contributed by atoms with Crippen molar-refractivity contribution >= 4 is 5.91 Å².